The summed E-state index contributed by atoms with van der Waals surface area (Å²) in [6.07, 6.45) is 7.99. The molecule has 1 aromatic carbocycles. The molecule has 3 rings (SSSR count). The normalized spacial score (nSPS) is 24.3. The molecule has 6 heteroatoms. The van der Waals surface area contributed by atoms with Gasteiger partial charge in [-0.1, -0.05) is 42.5 Å². The molecule has 0 unspecified atom stereocenters. The lowest BCUT2D eigenvalue weighted by molar-refractivity contribution is 0.518. The van der Waals surface area contributed by atoms with E-state index in [-0.39, 0.29) is 0 Å². The van der Waals surface area contributed by atoms with Crippen LogP contribution in [-0.2, 0) is 6.42 Å². The standard InChI is InChI=1S/C17H22N4S2/c22-16(18-9-8-12-4-2-1-3-5-12)20-21-17(23)19-15-11-13-6-7-14(15)10-13/h1-7,13-15H,8-11H2,(H2,18,20,22)(H2,19,21,23)/t13-,14+,15+/m0/s1. The van der Waals surface area contributed by atoms with E-state index in [9.17, 15) is 0 Å². The van der Waals surface area contributed by atoms with Crippen molar-refractivity contribution in [1.82, 2.24) is 21.5 Å². The van der Waals surface area contributed by atoms with Gasteiger partial charge in [-0.25, -0.2) is 0 Å². The van der Waals surface area contributed by atoms with Crippen LogP contribution in [-0.4, -0.2) is 22.8 Å². The van der Waals surface area contributed by atoms with Gasteiger partial charge in [0.2, 0.25) is 0 Å². The van der Waals surface area contributed by atoms with Gasteiger partial charge in [-0.3, -0.25) is 10.9 Å². The first kappa shape index (κ1) is 16.2. The number of nitrogens with one attached hydrogen (secondary N) is 4. The minimum Gasteiger partial charge on any atom is -0.361 e. The van der Waals surface area contributed by atoms with Crippen molar-refractivity contribution in [1.29, 1.82) is 0 Å². The van der Waals surface area contributed by atoms with Gasteiger partial charge >= 0.3 is 0 Å². The third-order valence-corrected chi connectivity index (χ3v) is 4.89. The molecule has 0 aliphatic heterocycles. The summed E-state index contributed by atoms with van der Waals surface area (Å²) in [7, 11) is 0. The van der Waals surface area contributed by atoms with Crippen LogP contribution in [0.2, 0.25) is 0 Å². The van der Waals surface area contributed by atoms with Crippen molar-refractivity contribution in [2.45, 2.75) is 25.3 Å². The lowest BCUT2D eigenvalue weighted by Crippen LogP contribution is -2.53. The third-order valence-electron chi connectivity index (χ3n) is 4.43. The number of hydrazine groups is 1. The minimum absolute atomic E-state index is 0.450. The Labute approximate surface area is 148 Å². The average molecular weight is 347 g/mol. The highest BCUT2D eigenvalue weighted by atomic mass is 32.1. The monoisotopic (exact) mass is 346 g/mol. The Bertz CT molecular complexity index is 588. The maximum absolute atomic E-state index is 5.32. The van der Waals surface area contributed by atoms with Gasteiger partial charge in [0.15, 0.2) is 10.2 Å². The summed E-state index contributed by atoms with van der Waals surface area (Å²) in [6.45, 7) is 0.787. The van der Waals surface area contributed by atoms with Gasteiger partial charge in [0.25, 0.3) is 0 Å². The van der Waals surface area contributed by atoms with Crippen LogP contribution in [0.1, 0.15) is 18.4 Å². The Hall–Kier alpha value is -1.66. The predicted molar refractivity (Wildman–Crippen MR) is 102 cm³/mol. The first-order valence-electron chi connectivity index (χ1n) is 8.03. The molecular formula is C17H22N4S2. The molecule has 1 aromatic rings. The second-order valence-corrected chi connectivity index (χ2v) is 6.92. The molecule has 2 aliphatic carbocycles. The van der Waals surface area contributed by atoms with Crippen molar-refractivity contribution in [3.63, 3.8) is 0 Å². The molecule has 0 spiro atoms. The van der Waals surface area contributed by atoms with E-state index in [0.29, 0.717) is 22.2 Å². The van der Waals surface area contributed by atoms with Gasteiger partial charge in [0.1, 0.15) is 0 Å². The molecule has 2 aliphatic rings. The molecule has 0 amide bonds. The molecule has 23 heavy (non-hydrogen) atoms. The van der Waals surface area contributed by atoms with E-state index >= 15 is 0 Å². The Morgan fingerprint density at radius 3 is 2.48 bits per heavy atom. The topological polar surface area (TPSA) is 48.1 Å². The van der Waals surface area contributed by atoms with Gasteiger partial charge in [-0.2, -0.15) is 0 Å². The van der Waals surface area contributed by atoms with Crippen LogP contribution in [0.15, 0.2) is 42.5 Å². The zero-order chi connectivity index (χ0) is 16.1. The van der Waals surface area contributed by atoms with Crippen LogP contribution in [0.3, 0.4) is 0 Å². The van der Waals surface area contributed by atoms with Crippen molar-refractivity contribution in [2.75, 3.05) is 6.54 Å². The number of hydrogen-bond acceptors (Lipinski definition) is 2. The molecule has 0 heterocycles. The van der Waals surface area contributed by atoms with Crippen molar-refractivity contribution in [2.24, 2.45) is 11.8 Å². The van der Waals surface area contributed by atoms with Crippen molar-refractivity contribution in [3.05, 3.63) is 48.0 Å². The first-order chi connectivity index (χ1) is 11.2. The van der Waals surface area contributed by atoms with E-state index < -0.39 is 0 Å². The molecule has 122 valence electrons. The summed E-state index contributed by atoms with van der Waals surface area (Å²) in [5.74, 6) is 1.35. The zero-order valence-corrected chi connectivity index (χ0v) is 14.6. The van der Waals surface area contributed by atoms with Crippen LogP contribution in [0.25, 0.3) is 0 Å². The fourth-order valence-corrected chi connectivity index (χ4v) is 3.63. The van der Waals surface area contributed by atoms with Crippen LogP contribution < -0.4 is 21.5 Å². The molecule has 0 aromatic heterocycles. The highest BCUT2D eigenvalue weighted by Crippen LogP contribution is 2.38. The Morgan fingerprint density at radius 2 is 1.78 bits per heavy atom. The lowest BCUT2D eigenvalue weighted by Gasteiger charge is -2.22. The second-order valence-electron chi connectivity index (χ2n) is 6.10. The van der Waals surface area contributed by atoms with E-state index in [0.717, 1.165) is 18.9 Å². The molecular weight excluding hydrogens is 324 g/mol. The molecule has 2 bridgehead atoms. The summed E-state index contributed by atoms with van der Waals surface area (Å²) in [6, 6.07) is 10.8. The number of fused-ring (bicyclic) bond motifs is 2. The van der Waals surface area contributed by atoms with Crippen molar-refractivity contribution >= 4 is 34.7 Å². The maximum Gasteiger partial charge on any atom is 0.185 e. The second kappa shape index (κ2) is 7.75. The minimum atomic E-state index is 0.450. The summed E-state index contributed by atoms with van der Waals surface area (Å²) in [5, 5.41) is 7.69. The van der Waals surface area contributed by atoms with Gasteiger partial charge in [-0.05, 0) is 61.1 Å². The van der Waals surface area contributed by atoms with Gasteiger partial charge in [-0.15, -0.1) is 0 Å². The van der Waals surface area contributed by atoms with Crippen molar-refractivity contribution < 1.29 is 0 Å². The van der Waals surface area contributed by atoms with Crippen LogP contribution >= 0.6 is 24.4 Å². The number of thiocarbonyl (C=S) groups is 2. The average Bonchev–Trinajstić information content (AvgIpc) is 3.17. The molecule has 1 saturated carbocycles. The number of rotatable bonds is 4. The van der Waals surface area contributed by atoms with E-state index in [4.69, 9.17) is 24.4 Å². The summed E-state index contributed by atoms with van der Waals surface area (Å²) < 4.78 is 0. The SMILES string of the molecule is S=C(NCCc1ccccc1)NNC(=S)N[C@@H]1C[C@H]2C=C[C@@H]1C2. The summed E-state index contributed by atoms with van der Waals surface area (Å²) >= 11 is 10.6. The lowest BCUT2D eigenvalue weighted by atomic mass is 10.0. The first-order valence-corrected chi connectivity index (χ1v) is 8.85. The smallest absolute Gasteiger partial charge is 0.185 e. The van der Waals surface area contributed by atoms with Crippen LogP contribution in [0.5, 0.6) is 0 Å². The summed E-state index contributed by atoms with van der Waals surface area (Å²) in [5.41, 5.74) is 7.18. The summed E-state index contributed by atoms with van der Waals surface area (Å²) in [4.78, 5) is 0. The highest BCUT2D eigenvalue weighted by molar-refractivity contribution is 7.80. The molecule has 4 nitrogen and oxygen atoms in total. The largest absolute Gasteiger partial charge is 0.361 e. The molecule has 0 radical (unpaired) electrons. The number of hydrogen-bond donors (Lipinski definition) is 4. The molecule has 1 fully saturated rings. The number of benzene rings is 1. The fourth-order valence-electron chi connectivity index (χ4n) is 3.27. The van der Waals surface area contributed by atoms with Crippen molar-refractivity contribution in [3.8, 4) is 0 Å². The van der Waals surface area contributed by atoms with Crippen LogP contribution in [0.4, 0.5) is 0 Å². The molecule has 4 N–H and O–H groups in total. The molecule has 3 atom stereocenters. The predicted octanol–water partition coefficient (Wildman–Crippen LogP) is 2.04. The van der Waals surface area contributed by atoms with Gasteiger partial charge in [0.05, 0.1) is 0 Å². The van der Waals surface area contributed by atoms with E-state index in [1.165, 1.54) is 18.4 Å². The van der Waals surface area contributed by atoms with Crippen LogP contribution in [0, 0.1) is 11.8 Å². The van der Waals surface area contributed by atoms with E-state index in [1.807, 2.05) is 18.2 Å². The van der Waals surface area contributed by atoms with E-state index in [2.05, 4.69) is 45.8 Å². The molecule has 0 saturated heterocycles. The highest BCUT2D eigenvalue weighted by Gasteiger charge is 2.35. The van der Waals surface area contributed by atoms with Gasteiger partial charge in [0, 0.05) is 12.6 Å². The Morgan fingerprint density at radius 1 is 1.00 bits per heavy atom. The van der Waals surface area contributed by atoms with E-state index in [1.54, 1.807) is 0 Å². The third kappa shape index (κ3) is 4.65. The quantitative estimate of drug-likeness (QED) is 0.380. The van der Waals surface area contributed by atoms with Gasteiger partial charge < -0.3 is 10.6 Å². The Balaban J connectivity index is 1.29. The fraction of sp³-hybridized carbons (Fsp3) is 0.412. The maximum atomic E-state index is 5.32. The number of allylic oxidation sites excluding steroid dienone is 1. The zero-order valence-electron chi connectivity index (χ0n) is 12.9. The Kier molecular flexibility index (Phi) is 5.46.